The van der Waals surface area contributed by atoms with Crippen LogP contribution in [0.2, 0.25) is 0 Å². The highest BCUT2D eigenvalue weighted by atomic mass is 32.2. The first kappa shape index (κ1) is 15.3. The van der Waals surface area contributed by atoms with Gasteiger partial charge in [0.1, 0.15) is 0 Å². The smallest absolute Gasteiger partial charge is 0.211 e. The number of sulfonamides is 1. The molecular weight excluding hydrogens is 260 g/mol. The van der Waals surface area contributed by atoms with Gasteiger partial charge in [-0.05, 0) is 37.5 Å². The van der Waals surface area contributed by atoms with Crippen LogP contribution < -0.4 is 5.32 Å². The van der Waals surface area contributed by atoms with Gasteiger partial charge in [0.2, 0.25) is 10.0 Å². The van der Waals surface area contributed by atoms with Crippen LogP contribution in [0.15, 0.2) is 0 Å². The summed E-state index contributed by atoms with van der Waals surface area (Å²) in [5.41, 5.74) is 0.462. The minimum absolute atomic E-state index is 0.462. The lowest BCUT2D eigenvalue weighted by Crippen LogP contribution is -2.49. The van der Waals surface area contributed by atoms with Gasteiger partial charge in [-0.25, -0.2) is 12.7 Å². The third-order valence-corrected chi connectivity index (χ3v) is 5.90. The summed E-state index contributed by atoms with van der Waals surface area (Å²) in [6.45, 7) is 6.05. The van der Waals surface area contributed by atoms with Gasteiger partial charge in [-0.1, -0.05) is 20.3 Å². The Labute approximate surface area is 118 Å². The summed E-state index contributed by atoms with van der Waals surface area (Å²) < 4.78 is 24.6. The van der Waals surface area contributed by atoms with Crippen molar-refractivity contribution < 1.29 is 8.42 Å². The Bertz CT molecular complexity index is 398. The Balaban J connectivity index is 1.80. The summed E-state index contributed by atoms with van der Waals surface area (Å²) in [7, 11) is -3.00. The zero-order valence-electron chi connectivity index (χ0n) is 12.5. The molecule has 2 fully saturated rings. The predicted octanol–water partition coefficient (Wildman–Crippen LogP) is 1.97. The third-order valence-electron chi connectivity index (χ3n) is 4.60. The van der Waals surface area contributed by atoms with Gasteiger partial charge in [0.25, 0.3) is 0 Å². The molecule has 0 bridgehead atoms. The van der Waals surface area contributed by atoms with E-state index in [1.54, 1.807) is 4.31 Å². The minimum atomic E-state index is -3.00. The number of rotatable bonds is 3. The molecule has 0 radical (unpaired) electrons. The molecule has 0 aromatic rings. The van der Waals surface area contributed by atoms with Gasteiger partial charge in [-0.3, -0.25) is 0 Å². The number of piperidine rings is 1. The SMILES string of the molecule is CC1(C)CCC[C@H](NC2CCN(S(C)(=O)=O)CC2)C1. The van der Waals surface area contributed by atoms with E-state index in [1.165, 1.54) is 31.9 Å². The molecule has 1 heterocycles. The van der Waals surface area contributed by atoms with Crippen molar-refractivity contribution >= 4 is 10.0 Å². The summed E-state index contributed by atoms with van der Waals surface area (Å²) in [6.07, 6.45) is 8.37. The Morgan fingerprint density at radius 2 is 1.74 bits per heavy atom. The predicted molar refractivity (Wildman–Crippen MR) is 78.6 cm³/mol. The van der Waals surface area contributed by atoms with Crippen LogP contribution in [0, 0.1) is 5.41 Å². The normalized spacial score (nSPS) is 30.4. The molecule has 1 saturated heterocycles. The molecule has 0 aromatic heterocycles. The zero-order valence-corrected chi connectivity index (χ0v) is 13.3. The third kappa shape index (κ3) is 4.43. The van der Waals surface area contributed by atoms with Crippen LogP contribution >= 0.6 is 0 Å². The summed E-state index contributed by atoms with van der Waals surface area (Å²) >= 11 is 0. The van der Waals surface area contributed by atoms with Crippen molar-refractivity contribution in [2.75, 3.05) is 19.3 Å². The van der Waals surface area contributed by atoms with E-state index < -0.39 is 10.0 Å². The quantitative estimate of drug-likeness (QED) is 0.864. The van der Waals surface area contributed by atoms with E-state index in [1.807, 2.05) is 0 Å². The van der Waals surface area contributed by atoms with Crippen molar-refractivity contribution in [3.8, 4) is 0 Å². The molecule has 1 saturated carbocycles. The Kier molecular flexibility index (Phi) is 4.58. The molecule has 0 aromatic carbocycles. The van der Waals surface area contributed by atoms with Crippen molar-refractivity contribution in [3.05, 3.63) is 0 Å². The monoisotopic (exact) mass is 288 g/mol. The van der Waals surface area contributed by atoms with Gasteiger partial charge >= 0.3 is 0 Å². The van der Waals surface area contributed by atoms with Gasteiger partial charge in [0.05, 0.1) is 6.26 Å². The highest BCUT2D eigenvalue weighted by molar-refractivity contribution is 7.88. The first-order valence-corrected chi connectivity index (χ1v) is 9.32. The maximum atomic E-state index is 11.5. The van der Waals surface area contributed by atoms with Crippen molar-refractivity contribution in [1.82, 2.24) is 9.62 Å². The second kappa shape index (κ2) is 5.70. The fourth-order valence-electron chi connectivity index (χ4n) is 3.53. The maximum Gasteiger partial charge on any atom is 0.211 e. The topological polar surface area (TPSA) is 49.4 Å². The second-order valence-electron chi connectivity index (χ2n) is 7.06. The van der Waals surface area contributed by atoms with Gasteiger partial charge in [0, 0.05) is 25.2 Å². The molecule has 0 amide bonds. The first-order valence-electron chi connectivity index (χ1n) is 7.47. The highest BCUT2D eigenvalue weighted by Crippen LogP contribution is 2.35. The van der Waals surface area contributed by atoms with Gasteiger partial charge in [-0.15, -0.1) is 0 Å². The number of nitrogens with one attached hydrogen (secondary N) is 1. The molecule has 2 aliphatic rings. The molecule has 0 unspecified atom stereocenters. The molecule has 5 heteroatoms. The van der Waals surface area contributed by atoms with E-state index in [2.05, 4.69) is 19.2 Å². The summed E-state index contributed by atoms with van der Waals surface area (Å²) in [4.78, 5) is 0. The molecule has 2 rings (SSSR count). The van der Waals surface area contributed by atoms with Crippen molar-refractivity contribution in [3.63, 3.8) is 0 Å². The van der Waals surface area contributed by atoms with Crippen LogP contribution in [0.25, 0.3) is 0 Å². The fourth-order valence-corrected chi connectivity index (χ4v) is 4.40. The summed E-state index contributed by atoms with van der Waals surface area (Å²) in [5.74, 6) is 0. The lowest BCUT2D eigenvalue weighted by atomic mass is 9.75. The Morgan fingerprint density at radius 3 is 2.26 bits per heavy atom. The van der Waals surface area contributed by atoms with E-state index in [4.69, 9.17) is 0 Å². The van der Waals surface area contributed by atoms with E-state index in [-0.39, 0.29) is 0 Å². The molecule has 112 valence electrons. The molecule has 1 N–H and O–H groups in total. The minimum Gasteiger partial charge on any atom is -0.311 e. The average Bonchev–Trinajstić information content (AvgIpc) is 2.27. The van der Waals surface area contributed by atoms with Crippen molar-refractivity contribution in [2.45, 2.75) is 64.5 Å². The van der Waals surface area contributed by atoms with Gasteiger partial charge in [-0.2, -0.15) is 0 Å². The van der Waals surface area contributed by atoms with Crippen LogP contribution in [-0.4, -0.2) is 44.2 Å². The van der Waals surface area contributed by atoms with Crippen LogP contribution in [0.1, 0.15) is 52.4 Å². The number of hydrogen-bond acceptors (Lipinski definition) is 3. The van der Waals surface area contributed by atoms with Gasteiger partial charge in [0.15, 0.2) is 0 Å². The molecular formula is C14H28N2O2S. The largest absolute Gasteiger partial charge is 0.311 e. The molecule has 1 aliphatic heterocycles. The molecule has 1 aliphatic carbocycles. The maximum absolute atomic E-state index is 11.5. The zero-order chi connectivity index (χ0) is 14.1. The Hall–Kier alpha value is -0.130. The van der Waals surface area contributed by atoms with Crippen LogP contribution in [-0.2, 0) is 10.0 Å². The summed E-state index contributed by atoms with van der Waals surface area (Å²) in [5, 5.41) is 3.76. The fraction of sp³-hybridized carbons (Fsp3) is 1.00. The number of nitrogens with zero attached hydrogens (tertiary/aromatic N) is 1. The second-order valence-corrected chi connectivity index (χ2v) is 9.04. The molecule has 4 nitrogen and oxygen atoms in total. The standard InChI is InChI=1S/C14H28N2O2S/c1-14(2)8-4-5-13(11-14)15-12-6-9-16(10-7-12)19(3,17)18/h12-13,15H,4-11H2,1-3H3/t13-/m0/s1. The molecule has 0 spiro atoms. The van der Waals surface area contributed by atoms with Crippen LogP contribution in [0.4, 0.5) is 0 Å². The molecule has 19 heavy (non-hydrogen) atoms. The van der Waals surface area contributed by atoms with E-state index in [0.717, 1.165) is 12.8 Å². The Morgan fingerprint density at radius 1 is 1.11 bits per heavy atom. The van der Waals surface area contributed by atoms with Crippen LogP contribution in [0.5, 0.6) is 0 Å². The molecule has 1 atom stereocenters. The highest BCUT2D eigenvalue weighted by Gasteiger charge is 2.31. The first-order chi connectivity index (χ1) is 8.76. The average molecular weight is 288 g/mol. The van der Waals surface area contributed by atoms with Crippen molar-refractivity contribution in [1.29, 1.82) is 0 Å². The van der Waals surface area contributed by atoms with Crippen molar-refractivity contribution in [2.24, 2.45) is 5.41 Å². The van der Waals surface area contributed by atoms with Gasteiger partial charge < -0.3 is 5.32 Å². The lowest BCUT2D eigenvalue weighted by Gasteiger charge is -2.39. The van der Waals surface area contributed by atoms with Crippen LogP contribution in [0.3, 0.4) is 0 Å². The lowest BCUT2D eigenvalue weighted by molar-refractivity contribution is 0.175. The van der Waals surface area contributed by atoms with E-state index in [9.17, 15) is 8.42 Å². The van der Waals surface area contributed by atoms with E-state index in [0.29, 0.717) is 30.6 Å². The summed E-state index contributed by atoms with van der Waals surface area (Å²) in [6, 6.07) is 1.12. The van der Waals surface area contributed by atoms with E-state index >= 15 is 0 Å². The number of hydrogen-bond donors (Lipinski definition) is 1.